The van der Waals surface area contributed by atoms with Crippen molar-refractivity contribution in [2.75, 3.05) is 0 Å². The maximum atomic E-state index is 12.0. The van der Waals surface area contributed by atoms with E-state index in [1.807, 2.05) is 30.3 Å². The highest BCUT2D eigenvalue weighted by molar-refractivity contribution is 5.90. The van der Waals surface area contributed by atoms with Crippen molar-refractivity contribution in [2.24, 2.45) is 0 Å². The number of hydrogen-bond acceptors (Lipinski definition) is 4. The van der Waals surface area contributed by atoms with Crippen molar-refractivity contribution in [3.8, 4) is 0 Å². The van der Waals surface area contributed by atoms with Crippen LogP contribution in [-0.4, -0.2) is 10.9 Å². The largest absolute Gasteiger partial charge is 0.455 e. The molecule has 0 aromatic heterocycles. The first kappa shape index (κ1) is 13.3. The molecule has 2 aromatic rings. The van der Waals surface area contributed by atoms with Crippen LogP contribution < -0.4 is 0 Å². The maximum Gasteiger partial charge on any atom is 0.321 e. The maximum absolute atomic E-state index is 12.0. The number of benzene rings is 2. The molecule has 1 aliphatic rings. The number of nitro benzene ring substituents is 1. The van der Waals surface area contributed by atoms with E-state index in [9.17, 15) is 14.9 Å². The van der Waals surface area contributed by atoms with Crippen molar-refractivity contribution in [1.82, 2.24) is 0 Å². The Hall–Kier alpha value is -2.69. The van der Waals surface area contributed by atoms with Gasteiger partial charge in [0.05, 0.1) is 10.5 Å². The van der Waals surface area contributed by atoms with E-state index in [2.05, 4.69) is 0 Å². The lowest BCUT2D eigenvalue weighted by molar-refractivity contribution is -0.386. The molecule has 1 heterocycles. The monoisotopic (exact) mass is 283 g/mol. The highest BCUT2D eigenvalue weighted by Gasteiger charge is 2.57. The molecule has 2 atom stereocenters. The van der Waals surface area contributed by atoms with Gasteiger partial charge in [0.25, 0.3) is 5.69 Å². The summed E-state index contributed by atoms with van der Waals surface area (Å²) in [7, 11) is 0. The normalized spacial score (nSPS) is 24.0. The average Bonchev–Trinajstić information content (AvgIpc) is 2.52. The molecule has 0 aliphatic carbocycles. The van der Waals surface area contributed by atoms with Crippen LogP contribution in [0.4, 0.5) is 5.69 Å². The third-order valence-corrected chi connectivity index (χ3v) is 3.96. The molecule has 106 valence electrons. The second kappa shape index (κ2) is 4.70. The smallest absolute Gasteiger partial charge is 0.321 e. The Kier molecular flexibility index (Phi) is 2.97. The van der Waals surface area contributed by atoms with Gasteiger partial charge < -0.3 is 4.74 Å². The summed E-state index contributed by atoms with van der Waals surface area (Å²) in [5.74, 6) is -0.364. The van der Waals surface area contributed by atoms with Crippen LogP contribution in [0.1, 0.15) is 24.2 Å². The van der Waals surface area contributed by atoms with E-state index in [1.165, 1.54) is 6.07 Å². The van der Waals surface area contributed by atoms with Crippen LogP contribution in [0.15, 0.2) is 54.6 Å². The van der Waals surface area contributed by atoms with E-state index in [0.29, 0.717) is 5.56 Å². The molecule has 1 saturated heterocycles. The standard InChI is InChI=1S/C16H13NO4/c1-16(11-7-3-2-4-8-11)14(21-15(16)18)12-9-5-6-10-13(12)17(19)20/h2-10,14H,1H3/t14-,16-/m0/s1. The van der Waals surface area contributed by atoms with Gasteiger partial charge in [0.2, 0.25) is 0 Å². The second-order valence-corrected chi connectivity index (χ2v) is 5.17. The number of ether oxygens (including phenoxy) is 1. The van der Waals surface area contributed by atoms with Gasteiger partial charge in [-0.25, -0.2) is 0 Å². The van der Waals surface area contributed by atoms with E-state index < -0.39 is 16.4 Å². The van der Waals surface area contributed by atoms with E-state index in [4.69, 9.17) is 4.74 Å². The number of para-hydroxylation sites is 1. The Balaban J connectivity index is 2.09. The molecular formula is C16H13NO4. The van der Waals surface area contributed by atoms with Crippen LogP contribution in [-0.2, 0) is 14.9 Å². The Bertz CT molecular complexity index is 713. The summed E-state index contributed by atoms with van der Waals surface area (Å²) in [5, 5.41) is 11.2. The highest BCUT2D eigenvalue weighted by Crippen LogP contribution is 2.51. The molecule has 1 aliphatic heterocycles. The lowest BCUT2D eigenvalue weighted by Gasteiger charge is -2.44. The first-order valence-corrected chi connectivity index (χ1v) is 6.55. The Morgan fingerprint density at radius 3 is 2.33 bits per heavy atom. The number of carbonyl (C=O) groups excluding carboxylic acids is 1. The van der Waals surface area contributed by atoms with Gasteiger partial charge in [0.15, 0.2) is 6.10 Å². The van der Waals surface area contributed by atoms with E-state index >= 15 is 0 Å². The molecular weight excluding hydrogens is 270 g/mol. The van der Waals surface area contributed by atoms with E-state index in [0.717, 1.165) is 5.56 Å². The fraction of sp³-hybridized carbons (Fsp3) is 0.188. The van der Waals surface area contributed by atoms with Crippen LogP contribution in [0.3, 0.4) is 0 Å². The van der Waals surface area contributed by atoms with Gasteiger partial charge in [-0.15, -0.1) is 0 Å². The van der Waals surface area contributed by atoms with Crippen molar-refractivity contribution in [1.29, 1.82) is 0 Å². The Morgan fingerprint density at radius 2 is 1.71 bits per heavy atom. The molecule has 0 N–H and O–H groups in total. The fourth-order valence-electron chi connectivity index (χ4n) is 2.70. The van der Waals surface area contributed by atoms with E-state index in [-0.39, 0.29) is 11.7 Å². The van der Waals surface area contributed by atoms with Crippen molar-refractivity contribution in [3.05, 3.63) is 75.8 Å². The minimum atomic E-state index is -0.895. The molecule has 5 heteroatoms. The number of rotatable bonds is 3. The minimum Gasteiger partial charge on any atom is -0.455 e. The summed E-state index contributed by atoms with van der Waals surface area (Å²) < 4.78 is 5.24. The number of esters is 1. The van der Waals surface area contributed by atoms with Crippen LogP contribution >= 0.6 is 0 Å². The van der Waals surface area contributed by atoms with Crippen LogP contribution in [0.25, 0.3) is 0 Å². The zero-order chi connectivity index (χ0) is 15.0. The molecule has 0 amide bonds. The average molecular weight is 283 g/mol. The fourth-order valence-corrected chi connectivity index (χ4v) is 2.70. The lowest BCUT2D eigenvalue weighted by atomic mass is 9.70. The molecule has 3 rings (SSSR count). The van der Waals surface area contributed by atoms with Crippen molar-refractivity contribution >= 4 is 11.7 Å². The molecule has 5 nitrogen and oxygen atoms in total. The van der Waals surface area contributed by atoms with Gasteiger partial charge in [0, 0.05) is 6.07 Å². The molecule has 0 unspecified atom stereocenters. The zero-order valence-electron chi connectivity index (χ0n) is 11.4. The summed E-state index contributed by atoms with van der Waals surface area (Å²) in [4.78, 5) is 22.7. The highest BCUT2D eigenvalue weighted by atomic mass is 16.6. The van der Waals surface area contributed by atoms with Crippen LogP contribution in [0.2, 0.25) is 0 Å². The number of carbonyl (C=O) groups is 1. The Labute approximate surface area is 121 Å². The molecule has 2 aromatic carbocycles. The van der Waals surface area contributed by atoms with Gasteiger partial charge >= 0.3 is 5.97 Å². The van der Waals surface area contributed by atoms with Gasteiger partial charge in [-0.2, -0.15) is 0 Å². The number of nitrogens with zero attached hydrogens (tertiary/aromatic N) is 1. The van der Waals surface area contributed by atoms with Crippen molar-refractivity contribution in [3.63, 3.8) is 0 Å². The first-order chi connectivity index (χ1) is 10.0. The molecule has 21 heavy (non-hydrogen) atoms. The molecule has 0 spiro atoms. The molecule has 1 fully saturated rings. The second-order valence-electron chi connectivity index (χ2n) is 5.17. The number of nitro groups is 1. The van der Waals surface area contributed by atoms with Crippen LogP contribution in [0.5, 0.6) is 0 Å². The number of cyclic esters (lactones) is 1. The minimum absolute atomic E-state index is 0.0304. The molecule has 0 radical (unpaired) electrons. The van der Waals surface area contributed by atoms with Gasteiger partial charge in [0.1, 0.15) is 5.41 Å². The lowest BCUT2D eigenvalue weighted by Crippen LogP contribution is -2.52. The summed E-state index contributed by atoms with van der Waals surface area (Å²) in [6.45, 7) is 1.76. The van der Waals surface area contributed by atoms with Gasteiger partial charge in [-0.3, -0.25) is 14.9 Å². The van der Waals surface area contributed by atoms with Gasteiger partial charge in [-0.1, -0.05) is 42.5 Å². The van der Waals surface area contributed by atoms with Crippen molar-refractivity contribution < 1.29 is 14.5 Å². The van der Waals surface area contributed by atoms with Crippen molar-refractivity contribution in [2.45, 2.75) is 18.4 Å². The number of hydrogen-bond donors (Lipinski definition) is 0. The third-order valence-electron chi connectivity index (χ3n) is 3.96. The third kappa shape index (κ3) is 1.89. The molecule has 0 bridgehead atoms. The van der Waals surface area contributed by atoms with Crippen LogP contribution in [0, 0.1) is 10.1 Å². The predicted octanol–water partition coefficient (Wildman–Crippen LogP) is 3.15. The summed E-state index contributed by atoms with van der Waals surface area (Å²) in [6.07, 6.45) is -0.644. The zero-order valence-corrected chi connectivity index (χ0v) is 11.4. The summed E-state index contributed by atoms with van der Waals surface area (Å²) in [5.41, 5.74) is 0.294. The quantitative estimate of drug-likeness (QED) is 0.493. The van der Waals surface area contributed by atoms with Gasteiger partial charge in [-0.05, 0) is 18.6 Å². The van der Waals surface area contributed by atoms with E-state index in [1.54, 1.807) is 25.1 Å². The predicted molar refractivity (Wildman–Crippen MR) is 75.7 cm³/mol. The first-order valence-electron chi connectivity index (χ1n) is 6.55. The molecule has 0 saturated carbocycles. The summed E-state index contributed by atoms with van der Waals surface area (Å²) in [6, 6.07) is 15.6. The Morgan fingerprint density at radius 1 is 1.10 bits per heavy atom. The SMILES string of the molecule is C[C@@]1(c2ccccc2)C(=O)O[C@H]1c1ccccc1[N+](=O)[O-]. The summed E-state index contributed by atoms with van der Waals surface area (Å²) >= 11 is 0. The topological polar surface area (TPSA) is 69.4 Å².